The first-order valence-electron chi connectivity index (χ1n) is 7.49. The third kappa shape index (κ3) is 4.58. The molecule has 6 heteroatoms. The SMILES string of the molecule is CCNCC1CCN(C(=O)c2ccc(F)c(OC)c2)CC1.Cl. The number of piperidine rings is 1. The van der Waals surface area contributed by atoms with Crippen LogP contribution in [0.2, 0.25) is 0 Å². The van der Waals surface area contributed by atoms with Crippen molar-refractivity contribution in [3.05, 3.63) is 29.6 Å². The number of hydrogen-bond donors (Lipinski definition) is 1. The molecule has 0 bridgehead atoms. The standard InChI is InChI=1S/C16H23FN2O2.ClH/c1-3-18-11-12-6-8-19(9-7-12)16(20)13-4-5-14(17)15(10-13)21-2;/h4-5,10,12,18H,3,6-9,11H2,1-2H3;1H. The molecule has 0 saturated carbocycles. The molecule has 0 aliphatic carbocycles. The Balaban J connectivity index is 0.00000242. The smallest absolute Gasteiger partial charge is 0.253 e. The van der Waals surface area contributed by atoms with Crippen LogP contribution in [0.1, 0.15) is 30.1 Å². The topological polar surface area (TPSA) is 41.6 Å². The molecular weight excluding hydrogens is 307 g/mol. The van der Waals surface area contributed by atoms with E-state index in [-0.39, 0.29) is 24.1 Å². The third-order valence-corrected chi connectivity index (χ3v) is 3.98. The number of halogens is 2. The van der Waals surface area contributed by atoms with E-state index in [9.17, 15) is 9.18 Å². The number of ether oxygens (including phenoxy) is 1. The summed E-state index contributed by atoms with van der Waals surface area (Å²) in [6.07, 6.45) is 2.02. The largest absolute Gasteiger partial charge is 0.494 e. The minimum atomic E-state index is -0.446. The molecule has 1 N–H and O–H groups in total. The maximum absolute atomic E-state index is 13.4. The van der Waals surface area contributed by atoms with Crippen LogP contribution >= 0.6 is 12.4 Å². The van der Waals surface area contributed by atoms with Gasteiger partial charge in [-0.15, -0.1) is 12.4 Å². The lowest BCUT2D eigenvalue weighted by Gasteiger charge is -2.32. The molecule has 0 aromatic heterocycles. The number of amides is 1. The van der Waals surface area contributed by atoms with E-state index in [4.69, 9.17) is 4.74 Å². The van der Waals surface area contributed by atoms with Crippen molar-refractivity contribution >= 4 is 18.3 Å². The maximum Gasteiger partial charge on any atom is 0.253 e. The van der Waals surface area contributed by atoms with Gasteiger partial charge in [-0.1, -0.05) is 6.92 Å². The van der Waals surface area contributed by atoms with Gasteiger partial charge in [-0.2, -0.15) is 0 Å². The lowest BCUT2D eigenvalue weighted by Crippen LogP contribution is -2.40. The van der Waals surface area contributed by atoms with Crippen molar-refractivity contribution in [1.82, 2.24) is 10.2 Å². The first kappa shape index (κ1) is 18.7. The summed E-state index contributed by atoms with van der Waals surface area (Å²) in [5.41, 5.74) is 0.485. The van der Waals surface area contributed by atoms with Crippen LogP contribution in [0, 0.1) is 11.7 Å². The van der Waals surface area contributed by atoms with Crippen LogP contribution in [0.5, 0.6) is 5.75 Å². The predicted octanol–water partition coefficient (Wildman–Crippen LogP) is 2.72. The van der Waals surface area contributed by atoms with Crippen molar-refractivity contribution in [2.45, 2.75) is 19.8 Å². The fraction of sp³-hybridized carbons (Fsp3) is 0.562. The molecule has 2 rings (SSSR count). The van der Waals surface area contributed by atoms with Crippen LogP contribution in [-0.2, 0) is 0 Å². The minimum Gasteiger partial charge on any atom is -0.494 e. The van der Waals surface area contributed by atoms with Gasteiger partial charge in [0.05, 0.1) is 7.11 Å². The summed E-state index contributed by atoms with van der Waals surface area (Å²) in [5, 5.41) is 3.35. The average Bonchev–Trinajstić information content (AvgIpc) is 2.53. The third-order valence-electron chi connectivity index (χ3n) is 3.98. The van der Waals surface area contributed by atoms with Crippen molar-refractivity contribution < 1.29 is 13.9 Å². The van der Waals surface area contributed by atoms with Crippen LogP contribution in [0.25, 0.3) is 0 Å². The lowest BCUT2D eigenvalue weighted by molar-refractivity contribution is 0.0690. The summed E-state index contributed by atoms with van der Waals surface area (Å²) in [5.74, 6) is 0.258. The Hall–Kier alpha value is -1.33. The molecule has 124 valence electrons. The Morgan fingerprint density at radius 3 is 2.68 bits per heavy atom. The van der Waals surface area contributed by atoms with Gasteiger partial charge in [0.25, 0.3) is 5.91 Å². The number of carbonyl (C=O) groups excluding carboxylic acids is 1. The van der Waals surface area contributed by atoms with E-state index in [0.29, 0.717) is 11.5 Å². The van der Waals surface area contributed by atoms with Crippen molar-refractivity contribution in [3.8, 4) is 5.75 Å². The highest BCUT2D eigenvalue weighted by atomic mass is 35.5. The van der Waals surface area contributed by atoms with E-state index in [0.717, 1.165) is 39.0 Å². The Labute approximate surface area is 137 Å². The summed E-state index contributed by atoms with van der Waals surface area (Å²) in [6, 6.07) is 4.28. The van der Waals surface area contributed by atoms with E-state index in [1.165, 1.54) is 25.3 Å². The molecule has 0 radical (unpaired) electrons. The molecule has 0 spiro atoms. The number of nitrogens with zero attached hydrogens (tertiary/aromatic N) is 1. The van der Waals surface area contributed by atoms with Gasteiger partial charge >= 0.3 is 0 Å². The second kappa shape index (κ2) is 8.96. The molecule has 1 saturated heterocycles. The number of hydrogen-bond acceptors (Lipinski definition) is 3. The number of benzene rings is 1. The Kier molecular flexibility index (Phi) is 7.62. The molecule has 1 fully saturated rings. The van der Waals surface area contributed by atoms with E-state index < -0.39 is 5.82 Å². The Morgan fingerprint density at radius 1 is 1.41 bits per heavy atom. The molecule has 4 nitrogen and oxygen atoms in total. The van der Waals surface area contributed by atoms with Crippen molar-refractivity contribution in [1.29, 1.82) is 0 Å². The minimum absolute atomic E-state index is 0. The zero-order valence-corrected chi connectivity index (χ0v) is 13.9. The highest BCUT2D eigenvalue weighted by molar-refractivity contribution is 5.94. The molecule has 1 heterocycles. The van der Waals surface area contributed by atoms with Gasteiger partial charge in [-0.05, 0) is 50.0 Å². The number of rotatable bonds is 5. The van der Waals surface area contributed by atoms with Crippen molar-refractivity contribution in [2.75, 3.05) is 33.3 Å². The summed E-state index contributed by atoms with van der Waals surface area (Å²) in [4.78, 5) is 14.3. The van der Waals surface area contributed by atoms with E-state index in [1.807, 2.05) is 4.90 Å². The van der Waals surface area contributed by atoms with E-state index >= 15 is 0 Å². The van der Waals surface area contributed by atoms with Crippen LogP contribution in [0.4, 0.5) is 4.39 Å². The normalized spacial score (nSPS) is 15.3. The Morgan fingerprint density at radius 2 is 2.09 bits per heavy atom. The molecule has 0 atom stereocenters. The highest BCUT2D eigenvalue weighted by Gasteiger charge is 2.23. The van der Waals surface area contributed by atoms with Crippen LogP contribution in [0.3, 0.4) is 0 Å². The van der Waals surface area contributed by atoms with Crippen LogP contribution < -0.4 is 10.1 Å². The zero-order valence-electron chi connectivity index (χ0n) is 13.1. The second-order valence-corrected chi connectivity index (χ2v) is 5.39. The molecule has 1 aromatic rings. The van der Waals surface area contributed by atoms with Gasteiger partial charge in [0.15, 0.2) is 11.6 Å². The zero-order chi connectivity index (χ0) is 15.2. The quantitative estimate of drug-likeness (QED) is 0.902. The van der Waals surface area contributed by atoms with E-state index in [2.05, 4.69) is 12.2 Å². The molecule has 22 heavy (non-hydrogen) atoms. The van der Waals surface area contributed by atoms with Gasteiger partial charge in [0, 0.05) is 18.7 Å². The first-order chi connectivity index (χ1) is 10.2. The molecule has 1 amide bonds. The Bertz CT molecular complexity index is 491. The highest BCUT2D eigenvalue weighted by Crippen LogP contribution is 2.22. The van der Waals surface area contributed by atoms with Crippen molar-refractivity contribution in [3.63, 3.8) is 0 Å². The van der Waals surface area contributed by atoms with Gasteiger partial charge < -0.3 is 15.0 Å². The maximum atomic E-state index is 13.4. The number of likely N-dealkylation sites (tertiary alicyclic amines) is 1. The summed E-state index contributed by atoms with van der Waals surface area (Å²) in [6.45, 7) is 5.61. The van der Waals surface area contributed by atoms with Crippen molar-refractivity contribution in [2.24, 2.45) is 5.92 Å². The van der Waals surface area contributed by atoms with E-state index in [1.54, 1.807) is 0 Å². The number of carbonyl (C=O) groups is 1. The monoisotopic (exact) mass is 330 g/mol. The van der Waals surface area contributed by atoms with Gasteiger partial charge in [0.1, 0.15) is 0 Å². The predicted molar refractivity (Wildman–Crippen MR) is 87.4 cm³/mol. The fourth-order valence-corrected chi connectivity index (χ4v) is 2.66. The summed E-state index contributed by atoms with van der Waals surface area (Å²) in [7, 11) is 1.40. The summed E-state index contributed by atoms with van der Waals surface area (Å²) < 4.78 is 18.3. The molecule has 0 unspecified atom stereocenters. The number of nitrogens with one attached hydrogen (secondary N) is 1. The average molecular weight is 331 g/mol. The molecule has 1 aromatic carbocycles. The molecule has 1 aliphatic heterocycles. The van der Waals surface area contributed by atoms with Crippen LogP contribution in [0.15, 0.2) is 18.2 Å². The lowest BCUT2D eigenvalue weighted by atomic mass is 9.96. The second-order valence-electron chi connectivity index (χ2n) is 5.39. The molecule has 1 aliphatic rings. The summed E-state index contributed by atoms with van der Waals surface area (Å²) >= 11 is 0. The van der Waals surface area contributed by atoms with Gasteiger partial charge in [-0.3, -0.25) is 4.79 Å². The number of methoxy groups -OCH3 is 1. The molecular formula is C16H24ClFN2O2. The van der Waals surface area contributed by atoms with Crippen LogP contribution in [-0.4, -0.2) is 44.1 Å². The fourth-order valence-electron chi connectivity index (χ4n) is 2.66. The van der Waals surface area contributed by atoms with Gasteiger partial charge in [-0.25, -0.2) is 4.39 Å². The van der Waals surface area contributed by atoms with Gasteiger partial charge in [0.2, 0.25) is 0 Å². The first-order valence-corrected chi connectivity index (χ1v) is 7.49.